The van der Waals surface area contributed by atoms with E-state index in [-0.39, 0.29) is 22.3 Å². The third-order valence-electron chi connectivity index (χ3n) is 6.20. The highest BCUT2D eigenvalue weighted by Crippen LogP contribution is 2.51. The van der Waals surface area contributed by atoms with Gasteiger partial charge in [0.05, 0.1) is 0 Å². The van der Waals surface area contributed by atoms with E-state index in [1.54, 1.807) is 72.8 Å². The fourth-order valence-electron chi connectivity index (χ4n) is 4.70. The summed E-state index contributed by atoms with van der Waals surface area (Å²) < 4.78 is 69.4. The smallest absolute Gasteiger partial charge is 0.289 e. The average Bonchev–Trinajstić information content (AvgIpc) is 3.21. The Hall–Kier alpha value is -4.15. The largest absolute Gasteiger partial charge is 0.295 e. The Balaban J connectivity index is 1.97. The zero-order chi connectivity index (χ0) is 27.1. The molecule has 0 spiro atoms. The summed E-state index contributed by atoms with van der Waals surface area (Å²) in [6.07, 6.45) is 0. The van der Waals surface area contributed by atoms with Gasteiger partial charge >= 0.3 is 0 Å². The molecule has 1 aliphatic carbocycles. The fraction of sp³-hybridized carbons (Fsp3) is 0. The quantitative estimate of drug-likeness (QED) is 0.316. The van der Waals surface area contributed by atoms with Crippen LogP contribution in [-0.2, 0) is 25.0 Å². The summed E-state index contributed by atoms with van der Waals surface area (Å²) in [4.78, 5) is 13.4. The van der Waals surface area contributed by atoms with Crippen LogP contribution in [-0.4, -0.2) is 31.7 Å². The maximum absolute atomic E-state index is 14.4. The first-order valence-corrected chi connectivity index (χ1v) is 14.3. The van der Waals surface area contributed by atoms with Crippen LogP contribution in [0.2, 0.25) is 0 Å². The molecule has 4 aromatic rings. The Morgan fingerprint density at radius 2 is 0.737 bits per heavy atom. The van der Waals surface area contributed by atoms with E-state index in [4.69, 9.17) is 0 Å². The standard InChI is InChI=1S/C29H20O7S2/c30-29-27(21-15-7-9-17-23(21)37(31,32)33)25(19-11-3-1-4-12-19)26(20-13-5-2-6-14-20)28(29)22-16-8-10-18-24(22)38(34,35)36/h1-18H,(H,31,32,33)(H,34,35,36). The van der Waals surface area contributed by atoms with Gasteiger partial charge in [0, 0.05) is 33.4 Å². The lowest BCUT2D eigenvalue weighted by atomic mass is 9.89. The lowest BCUT2D eigenvalue weighted by molar-refractivity contribution is -0.108. The Morgan fingerprint density at radius 1 is 0.421 bits per heavy atom. The van der Waals surface area contributed by atoms with Gasteiger partial charge in [0.1, 0.15) is 9.79 Å². The molecular weight excluding hydrogens is 524 g/mol. The Labute approximate surface area is 219 Å². The first-order chi connectivity index (χ1) is 18.1. The fourth-order valence-corrected chi connectivity index (χ4v) is 6.10. The molecule has 0 radical (unpaired) electrons. The molecule has 2 N–H and O–H groups in total. The van der Waals surface area contributed by atoms with E-state index in [1.807, 2.05) is 0 Å². The zero-order valence-electron chi connectivity index (χ0n) is 19.6. The molecule has 0 atom stereocenters. The Morgan fingerprint density at radius 3 is 1.08 bits per heavy atom. The van der Waals surface area contributed by atoms with E-state index in [0.29, 0.717) is 22.3 Å². The van der Waals surface area contributed by atoms with Crippen molar-refractivity contribution in [3.8, 4) is 0 Å². The number of benzene rings is 4. The number of hydrogen-bond donors (Lipinski definition) is 2. The van der Waals surface area contributed by atoms with Gasteiger partial charge in [-0.05, 0) is 23.3 Å². The Kier molecular flexibility index (Phi) is 6.46. The van der Waals surface area contributed by atoms with Crippen LogP contribution in [0.3, 0.4) is 0 Å². The van der Waals surface area contributed by atoms with Gasteiger partial charge in [-0.25, -0.2) is 0 Å². The van der Waals surface area contributed by atoms with Crippen LogP contribution in [0.1, 0.15) is 22.3 Å². The van der Waals surface area contributed by atoms with Crippen molar-refractivity contribution in [3.05, 3.63) is 131 Å². The first kappa shape index (κ1) is 25.5. The van der Waals surface area contributed by atoms with Crippen molar-refractivity contribution in [1.82, 2.24) is 0 Å². The van der Waals surface area contributed by atoms with Gasteiger partial charge in [-0.1, -0.05) is 97.1 Å². The number of Topliss-reactive ketones (excluding diaryl/α,β-unsaturated/α-hetero) is 1. The van der Waals surface area contributed by atoms with Gasteiger partial charge in [0.15, 0.2) is 5.78 Å². The molecule has 190 valence electrons. The van der Waals surface area contributed by atoms with Gasteiger partial charge in [-0.15, -0.1) is 0 Å². The van der Waals surface area contributed by atoms with Crippen LogP contribution in [0, 0.1) is 0 Å². The van der Waals surface area contributed by atoms with E-state index in [9.17, 15) is 30.7 Å². The predicted molar refractivity (Wildman–Crippen MR) is 144 cm³/mol. The van der Waals surface area contributed by atoms with Crippen molar-refractivity contribution >= 4 is 48.3 Å². The summed E-state index contributed by atoms with van der Waals surface area (Å²) >= 11 is 0. The van der Waals surface area contributed by atoms with Gasteiger partial charge in [0.25, 0.3) is 20.2 Å². The number of ketones is 1. The maximum Gasteiger partial charge on any atom is 0.295 e. The van der Waals surface area contributed by atoms with Crippen LogP contribution >= 0.6 is 0 Å². The van der Waals surface area contributed by atoms with Crippen LogP contribution in [0.15, 0.2) is 119 Å². The molecule has 1 aliphatic rings. The van der Waals surface area contributed by atoms with Crippen molar-refractivity contribution < 1.29 is 30.7 Å². The Bertz CT molecular complexity index is 1720. The summed E-state index contributed by atoms with van der Waals surface area (Å²) in [7, 11) is -9.47. The molecule has 7 nitrogen and oxygen atoms in total. The van der Waals surface area contributed by atoms with Crippen molar-refractivity contribution in [1.29, 1.82) is 0 Å². The molecule has 0 aliphatic heterocycles. The van der Waals surface area contributed by atoms with Crippen LogP contribution < -0.4 is 0 Å². The van der Waals surface area contributed by atoms with Crippen LogP contribution in [0.25, 0.3) is 22.3 Å². The predicted octanol–water partition coefficient (Wildman–Crippen LogP) is 5.28. The number of hydrogen-bond acceptors (Lipinski definition) is 5. The van der Waals surface area contributed by atoms with Crippen molar-refractivity contribution in [2.24, 2.45) is 0 Å². The number of rotatable bonds is 6. The molecule has 0 unspecified atom stereocenters. The number of carbonyl (C=O) groups excluding carboxylic acids is 1. The van der Waals surface area contributed by atoms with Gasteiger partial charge in [0.2, 0.25) is 0 Å². The van der Waals surface area contributed by atoms with E-state index in [1.165, 1.54) is 36.4 Å². The highest BCUT2D eigenvalue weighted by molar-refractivity contribution is 7.86. The van der Waals surface area contributed by atoms with Crippen LogP contribution in [0.4, 0.5) is 0 Å². The van der Waals surface area contributed by atoms with Crippen molar-refractivity contribution in [3.63, 3.8) is 0 Å². The topological polar surface area (TPSA) is 126 Å². The normalized spacial score (nSPS) is 14.3. The van der Waals surface area contributed by atoms with E-state index >= 15 is 0 Å². The minimum atomic E-state index is -4.74. The molecule has 0 bridgehead atoms. The molecule has 0 heterocycles. The molecule has 38 heavy (non-hydrogen) atoms. The molecule has 4 aromatic carbocycles. The van der Waals surface area contributed by atoms with Gasteiger partial charge in [-0.2, -0.15) is 16.8 Å². The molecule has 0 saturated heterocycles. The first-order valence-electron chi connectivity index (χ1n) is 11.4. The average molecular weight is 545 g/mol. The summed E-state index contributed by atoms with van der Waals surface area (Å²) in [5.74, 6) is -0.657. The SMILES string of the molecule is O=C1C(c2ccccc2S(=O)(=O)O)=C(c2ccccc2)C(c2ccccc2)=C1c1ccccc1S(=O)(=O)O. The van der Waals surface area contributed by atoms with Crippen molar-refractivity contribution in [2.75, 3.05) is 0 Å². The van der Waals surface area contributed by atoms with E-state index in [0.717, 1.165) is 0 Å². The van der Waals surface area contributed by atoms with Crippen molar-refractivity contribution in [2.45, 2.75) is 9.79 Å². The molecule has 0 amide bonds. The summed E-state index contributed by atoms with van der Waals surface area (Å²) in [6.45, 7) is 0. The third-order valence-corrected chi connectivity index (χ3v) is 8.02. The lowest BCUT2D eigenvalue weighted by Crippen LogP contribution is -2.10. The number of carbonyl (C=O) groups is 1. The van der Waals surface area contributed by atoms with Gasteiger partial charge in [-0.3, -0.25) is 13.9 Å². The lowest BCUT2D eigenvalue weighted by Gasteiger charge is -2.14. The summed E-state index contributed by atoms with van der Waals surface area (Å²) in [5, 5.41) is 0. The zero-order valence-corrected chi connectivity index (χ0v) is 21.3. The third kappa shape index (κ3) is 4.52. The maximum atomic E-state index is 14.4. The molecule has 0 aromatic heterocycles. The second-order valence-electron chi connectivity index (χ2n) is 8.50. The molecule has 0 fully saturated rings. The molecule has 0 saturated carbocycles. The molecule has 9 heteroatoms. The highest BCUT2D eigenvalue weighted by Gasteiger charge is 2.39. The second-order valence-corrected chi connectivity index (χ2v) is 11.3. The molecular formula is C29H20O7S2. The minimum Gasteiger partial charge on any atom is -0.289 e. The van der Waals surface area contributed by atoms with E-state index < -0.39 is 35.8 Å². The number of allylic oxidation sites excluding steroid dienone is 4. The summed E-state index contributed by atoms with van der Waals surface area (Å²) in [6, 6.07) is 28.7. The van der Waals surface area contributed by atoms with E-state index in [2.05, 4.69) is 0 Å². The van der Waals surface area contributed by atoms with Gasteiger partial charge < -0.3 is 0 Å². The molecule has 5 rings (SSSR count). The van der Waals surface area contributed by atoms with Crippen LogP contribution in [0.5, 0.6) is 0 Å². The summed E-state index contributed by atoms with van der Waals surface area (Å²) in [5.41, 5.74) is 1.74. The second kappa shape index (κ2) is 9.62. The monoisotopic (exact) mass is 544 g/mol. The minimum absolute atomic E-state index is 0.0246. The highest BCUT2D eigenvalue weighted by atomic mass is 32.2.